The molecule has 0 atom stereocenters. The highest BCUT2D eigenvalue weighted by Gasteiger charge is 2.48. The average molecular weight is 395 g/mol. The third kappa shape index (κ3) is 4.08. The van der Waals surface area contributed by atoms with E-state index in [1.54, 1.807) is 36.7 Å². The van der Waals surface area contributed by atoms with E-state index in [0.717, 1.165) is 22.4 Å². The molecule has 0 fully saturated rings. The lowest BCUT2D eigenvalue weighted by atomic mass is 9.97. The van der Waals surface area contributed by atoms with Crippen molar-refractivity contribution in [1.82, 2.24) is 4.98 Å². The number of rotatable bonds is 5. The van der Waals surface area contributed by atoms with Gasteiger partial charge in [0.1, 0.15) is 12.0 Å². The van der Waals surface area contributed by atoms with Gasteiger partial charge in [0.15, 0.2) is 0 Å². The van der Waals surface area contributed by atoms with Crippen LogP contribution in [0.3, 0.4) is 0 Å². The molecule has 5 nitrogen and oxygen atoms in total. The summed E-state index contributed by atoms with van der Waals surface area (Å²) in [6.45, 7) is 0. The summed E-state index contributed by atoms with van der Waals surface area (Å²) in [5.41, 5.74) is -3.84. The summed E-state index contributed by atoms with van der Waals surface area (Å²) in [4.78, 5) is 15.2. The molecule has 3 rings (SSSR count). The molecule has 1 aromatic heterocycles. The normalized spacial score (nSPS) is 12.1. The molecule has 0 unspecified atom stereocenters. The fraction of sp³-hybridized carbons (Fsp3) is 0.111. The van der Waals surface area contributed by atoms with Crippen molar-refractivity contribution in [2.75, 3.05) is 0 Å². The SMILES string of the molecule is O=Cc1cc(Cc2cccc(OS(=O)(=O)C(F)(F)F)c2)c2cnccc2c1. The number of hydrogen-bond donors (Lipinski definition) is 0. The monoisotopic (exact) mass is 395 g/mol. The van der Waals surface area contributed by atoms with E-state index >= 15 is 0 Å². The molecule has 1 heterocycles. The Labute approximate surface area is 152 Å². The Kier molecular flexibility index (Phi) is 4.88. The second-order valence-corrected chi connectivity index (χ2v) is 7.24. The molecule has 3 aromatic rings. The number of benzene rings is 2. The Morgan fingerprint density at radius 1 is 1.11 bits per heavy atom. The van der Waals surface area contributed by atoms with Gasteiger partial charge in [-0.15, -0.1) is 0 Å². The maximum atomic E-state index is 12.5. The quantitative estimate of drug-likeness (QED) is 0.373. The van der Waals surface area contributed by atoms with Crippen LogP contribution in [0.4, 0.5) is 13.2 Å². The first-order chi connectivity index (χ1) is 12.7. The first-order valence-corrected chi connectivity index (χ1v) is 9.02. The second kappa shape index (κ2) is 6.99. The molecule has 140 valence electrons. The maximum absolute atomic E-state index is 12.5. The van der Waals surface area contributed by atoms with E-state index in [1.165, 1.54) is 12.1 Å². The lowest BCUT2D eigenvalue weighted by Crippen LogP contribution is -2.28. The number of halogens is 3. The summed E-state index contributed by atoms with van der Waals surface area (Å²) in [6, 6.07) is 10.4. The highest BCUT2D eigenvalue weighted by molar-refractivity contribution is 7.88. The van der Waals surface area contributed by atoms with Crippen molar-refractivity contribution in [2.24, 2.45) is 0 Å². The molecule has 0 amide bonds. The van der Waals surface area contributed by atoms with Gasteiger partial charge in [0, 0.05) is 23.3 Å². The van der Waals surface area contributed by atoms with Crippen LogP contribution in [0.5, 0.6) is 5.75 Å². The van der Waals surface area contributed by atoms with Crippen molar-refractivity contribution < 1.29 is 30.6 Å². The van der Waals surface area contributed by atoms with E-state index in [1.807, 2.05) is 0 Å². The molecule has 0 aliphatic rings. The van der Waals surface area contributed by atoms with Crippen LogP contribution in [0.2, 0.25) is 0 Å². The molecule has 2 aromatic carbocycles. The molecule has 0 aliphatic carbocycles. The number of hydrogen-bond acceptors (Lipinski definition) is 5. The summed E-state index contributed by atoms with van der Waals surface area (Å²) in [7, 11) is -5.74. The summed E-state index contributed by atoms with van der Waals surface area (Å²) < 4.78 is 63.9. The van der Waals surface area contributed by atoms with Gasteiger partial charge >= 0.3 is 15.6 Å². The van der Waals surface area contributed by atoms with E-state index in [0.29, 0.717) is 17.4 Å². The van der Waals surface area contributed by atoms with Crippen LogP contribution < -0.4 is 4.18 Å². The number of fused-ring (bicyclic) bond motifs is 1. The van der Waals surface area contributed by atoms with Gasteiger partial charge in [0.2, 0.25) is 0 Å². The van der Waals surface area contributed by atoms with Gasteiger partial charge in [-0.25, -0.2) is 0 Å². The van der Waals surface area contributed by atoms with Crippen LogP contribution in [0, 0.1) is 0 Å². The van der Waals surface area contributed by atoms with E-state index in [-0.39, 0.29) is 6.42 Å². The second-order valence-electron chi connectivity index (χ2n) is 5.70. The Hall–Kier alpha value is -2.94. The van der Waals surface area contributed by atoms with Gasteiger partial charge in [-0.2, -0.15) is 21.6 Å². The first-order valence-electron chi connectivity index (χ1n) is 7.61. The molecule has 0 spiro atoms. The third-order valence-corrected chi connectivity index (χ3v) is 4.76. The van der Waals surface area contributed by atoms with Crippen LogP contribution in [0.15, 0.2) is 54.9 Å². The van der Waals surface area contributed by atoms with Crippen LogP contribution in [0.1, 0.15) is 21.5 Å². The van der Waals surface area contributed by atoms with Gasteiger partial charge in [-0.3, -0.25) is 9.78 Å². The smallest absolute Gasteiger partial charge is 0.376 e. The zero-order valence-corrected chi connectivity index (χ0v) is 14.4. The third-order valence-electron chi connectivity index (χ3n) is 3.78. The summed E-state index contributed by atoms with van der Waals surface area (Å²) in [5, 5.41) is 1.56. The Balaban J connectivity index is 1.96. The number of carbonyl (C=O) groups is 1. The van der Waals surface area contributed by atoms with Crippen LogP contribution >= 0.6 is 0 Å². The fourth-order valence-electron chi connectivity index (χ4n) is 2.61. The van der Waals surface area contributed by atoms with E-state index in [4.69, 9.17) is 0 Å². The molecule has 0 aliphatic heterocycles. The van der Waals surface area contributed by atoms with Crippen molar-refractivity contribution in [3.8, 4) is 5.75 Å². The zero-order chi connectivity index (χ0) is 19.7. The Morgan fingerprint density at radius 3 is 2.59 bits per heavy atom. The predicted molar refractivity (Wildman–Crippen MR) is 92.0 cm³/mol. The van der Waals surface area contributed by atoms with Crippen molar-refractivity contribution >= 4 is 27.2 Å². The number of nitrogens with zero attached hydrogens (tertiary/aromatic N) is 1. The largest absolute Gasteiger partial charge is 0.534 e. The van der Waals surface area contributed by atoms with Gasteiger partial charge in [0.05, 0.1) is 0 Å². The highest BCUT2D eigenvalue weighted by atomic mass is 32.2. The molecule has 0 radical (unpaired) electrons. The fourth-order valence-corrected chi connectivity index (χ4v) is 3.07. The molecule has 9 heteroatoms. The summed E-state index contributed by atoms with van der Waals surface area (Å²) >= 11 is 0. The topological polar surface area (TPSA) is 73.3 Å². The first kappa shape index (κ1) is 18.8. The minimum absolute atomic E-state index is 0.243. The number of aldehydes is 1. The van der Waals surface area contributed by atoms with Gasteiger partial charge in [-0.1, -0.05) is 12.1 Å². The number of carbonyl (C=O) groups excluding carboxylic acids is 1. The minimum atomic E-state index is -5.74. The average Bonchev–Trinajstić information content (AvgIpc) is 2.60. The van der Waals surface area contributed by atoms with Crippen LogP contribution in [0.25, 0.3) is 10.8 Å². The number of alkyl halides is 3. The molecular formula is C18H12F3NO4S. The van der Waals surface area contributed by atoms with Gasteiger partial charge in [0.25, 0.3) is 0 Å². The summed E-state index contributed by atoms with van der Waals surface area (Å²) in [5.74, 6) is -0.446. The minimum Gasteiger partial charge on any atom is -0.376 e. The molecular weight excluding hydrogens is 383 g/mol. The standard InChI is InChI=1S/C18H12F3NO4S/c19-18(20,21)27(24,25)26-16-3-1-2-12(9-16)6-15-8-13(11-23)7-14-4-5-22-10-17(14)15/h1-5,7-11H,6H2. The lowest BCUT2D eigenvalue weighted by molar-refractivity contribution is -0.0500. The zero-order valence-electron chi connectivity index (χ0n) is 13.6. The molecule has 0 saturated carbocycles. The van der Waals surface area contributed by atoms with Crippen LogP contribution in [-0.2, 0) is 16.5 Å². The molecule has 0 bridgehead atoms. The molecule has 0 N–H and O–H groups in total. The van der Waals surface area contributed by atoms with Crippen LogP contribution in [-0.4, -0.2) is 25.2 Å². The van der Waals surface area contributed by atoms with E-state index < -0.39 is 21.4 Å². The Morgan fingerprint density at radius 2 is 1.89 bits per heavy atom. The predicted octanol–water partition coefficient (Wildman–Crippen LogP) is 3.87. The molecule has 27 heavy (non-hydrogen) atoms. The molecule has 0 saturated heterocycles. The maximum Gasteiger partial charge on any atom is 0.534 e. The van der Waals surface area contributed by atoms with Crippen molar-refractivity contribution in [3.05, 3.63) is 71.5 Å². The van der Waals surface area contributed by atoms with Crippen molar-refractivity contribution in [3.63, 3.8) is 0 Å². The lowest BCUT2D eigenvalue weighted by Gasteiger charge is -2.11. The number of pyridine rings is 1. The van der Waals surface area contributed by atoms with Gasteiger partial charge in [-0.05, 0) is 53.3 Å². The van der Waals surface area contributed by atoms with E-state index in [2.05, 4.69) is 9.17 Å². The van der Waals surface area contributed by atoms with Crippen molar-refractivity contribution in [1.29, 1.82) is 0 Å². The summed E-state index contributed by atoms with van der Waals surface area (Å²) in [6.07, 6.45) is 4.14. The number of aromatic nitrogens is 1. The van der Waals surface area contributed by atoms with Crippen molar-refractivity contribution in [2.45, 2.75) is 11.9 Å². The van der Waals surface area contributed by atoms with Gasteiger partial charge < -0.3 is 4.18 Å². The highest BCUT2D eigenvalue weighted by Crippen LogP contribution is 2.28. The van der Waals surface area contributed by atoms with E-state index in [9.17, 15) is 26.4 Å². The Bertz CT molecular complexity index is 1110.